The molecule has 0 bridgehead atoms. The van der Waals surface area contributed by atoms with E-state index in [0.717, 1.165) is 24.9 Å². The lowest BCUT2D eigenvalue weighted by atomic mass is 9.99. The Hall–Kier alpha value is -1.35. The van der Waals surface area contributed by atoms with Gasteiger partial charge in [-0.05, 0) is 42.4 Å². The Labute approximate surface area is 122 Å². The normalized spacial score (nSPS) is 22.2. The van der Waals surface area contributed by atoms with Gasteiger partial charge >= 0.3 is 0 Å². The van der Waals surface area contributed by atoms with Gasteiger partial charge in [-0.1, -0.05) is 32.4 Å². The maximum Gasteiger partial charge on any atom is 0.227 e. The minimum absolute atomic E-state index is 0.174. The summed E-state index contributed by atoms with van der Waals surface area (Å²) >= 11 is 0. The third-order valence-electron chi connectivity index (χ3n) is 4.45. The number of carbonyl (C=O) groups is 1. The standard InChI is InChI=1S/C17H26N2O/c1-12(2)13-6-4-8-15(10-13)19(3)17(20)11-14-7-5-9-16(14)18/h4,6,8,10,12,14,16H,5,7,9,11,18H2,1-3H3/t14-,16+/m0/s1. The molecule has 1 aromatic rings. The lowest BCUT2D eigenvalue weighted by Gasteiger charge is -2.22. The predicted octanol–water partition coefficient (Wildman–Crippen LogP) is 3.29. The number of hydrogen-bond donors (Lipinski definition) is 1. The molecule has 3 nitrogen and oxygen atoms in total. The van der Waals surface area contributed by atoms with Crippen molar-refractivity contribution >= 4 is 11.6 Å². The van der Waals surface area contributed by atoms with E-state index in [2.05, 4.69) is 26.0 Å². The molecular formula is C17H26N2O. The number of amides is 1. The van der Waals surface area contributed by atoms with Crippen LogP contribution in [0.25, 0.3) is 0 Å². The summed E-state index contributed by atoms with van der Waals surface area (Å²) in [4.78, 5) is 14.2. The van der Waals surface area contributed by atoms with Crippen LogP contribution < -0.4 is 10.6 Å². The van der Waals surface area contributed by atoms with Crippen LogP contribution in [0.3, 0.4) is 0 Å². The first-order valence-electron chi connectivity index (χ1n) is 7.61. The topological polar surface area (TPSA) is 46.3 Å². The monoisotopic (exact) mass is 274 g/mol. The third-order valence-corrected chi connectivity index (χ3v) is 4.45. The van der Waals surface area contributed by atoms with Crippen LogP contribution >= 0.6 is 0 Å². The van der Waals surface area contributed by atoms with Gasteiger partial charge in [0.15, 0.2) is 0 Å². The smallest absolute Gasteiger partial charge is 0.227 e. The van der Waals surface area contributed by atoms with Crippen molar-refractivity contribution in [1.29, 1.82) is 0 Å². The van der Waals surface area contributed by atoms with Gasteiger partial charge < -0.3 is 10.6 Å². The molecule has 0 radical (unpaired) electrons. The van der Waals surface area contributed by atoms with Crippen LogP contribution in [0.4, 0.5) is 5.69 Å². The second-order valence-corrected chi connectivity index (χ2v) is 6.26. The molecule has 0 saturated heterocycles. The summed E-state index contributed by atoms with van der Waals surface area (Å²) in [6.45, 7) is 4.33. The number of rotatable bonds is 4. The van der Waals surface area contributed by atoms with Crippen LogP contribution in [0, 0.1) is 5.92 Å². The average Bonchev–Trinajstić information content (AvgIpc) is 2.83. The lowest BCUT2D eigenvalue weighted by Crippen LogP contribution is -2.33. The summed E-state index contributed by atoms with van der Waals surface area (Å²) in [6.07, 6.45) is 3.88. The number of hydrogen-bond acceptors (Lipinski definition) is 2. The summed E-state index contributed by atoms with van der Waals surface area (Å²) in [5.41, 5.74) is 8.30. The molecule has 2 atom stereocenters. The number of benzene rings is 1. The highest BCUT2D eigenvalue weighted by atomic mass is 16.2. The van der Waals surface area contributed by atoms with Gasteiger partial charge in [-0.3, -0.25) is 4.79 Å². The molecule has 0 heterocycles. The molecule has 110 valence electrons. The van der Waals surface area contributed by atoms with Crippen molar-refractivity contribution in [3.05, 3.63) is 29.8 Å². The average molecular weight is 274 g/mol. The fourth-order valence-corrected chi connectivity index (χ4v) is 2.92. The third kappa shape index (κ3) is 3.40. The van der Waals surface area contributed by atoms with E-state index < -0.39 is 0 Å². The van der Waals surface area contributed by atoms with Crippen molar-refractivity contribution in [1.82, 2.24) is 0 Å². The molecule has 2 rings (SSSR count). The molecule has 0 unspecified atom stereocenters. The highest BCUT2D eigenvalue weighted by Gasteiger charge is 2.27. The van der Waals surface area contributed by atoms with Crippen molar-refractivity contribution in [2.75, 3.05) is 11.9 Å². The number of nitrogens with two attached hydrogens (primary N) is 1. The molecule has 1 saturated carbocycles. The molecule has 1 aliphatic rings. The summed E-state index contributed by atoms with van der Waals surface area (Å²) in [6, 6.07) is 8.44. The van der Waals surface area contributed by atoms with Crippen LogP contribution in [0.5, 0.6) is 0 Å². The molecule has 2 N–H and O–H groups in total. The molecule has 3 heteroatoms. The summed E-state index contributed by atoms with van der Waals surface area (Å²) in [5, 5.41) is 0. The SMILES string of the molecule is CC(C)c1cccc(N(C)C(=O)C[C@@H]2CCC[C@H]2N)c1. The van der Waals surface area contributed by atoms with Crippen LogP contribution in [-0.4, -0.2) is 19.0 Å². The largest absolute Gasteiger partial charge is 0.327 e. The molecule has 1 aromatic carbocycles. The van der Waals surface area contributed by atoms with E-state index in [4.69, 9.17) is 5.73 Å². The van der Waals surface area contributed by atoms with Gasteiger partial charge in [-0.25, -0.2) is 0 Å². The Morgan fingerprint density at radius 2 is 2.15 bits per heavy atom. The van der Waals surface area contributed by atoms with E-state index in [9.17, 15) is 4.79 Å². The van der Waals surface area contributed by atoms with E-state index in [1.165, 1.54) is 5.56 Å². The first kappa shape index (κ1) is 15.0. The van der Waals surface area contributed by atoms with Crippen molar-refractivity contribution in [2.45, 2.75) is 51.5 Å². The van der Waals surface area contributed by atoms with E-state index in [1.807, 2.05) is 19.2 Å². The van der Waals surface area contributed by atoms with Crippen molar-refractivity contribution in [3.8, 4) is 0 Å². The maximum absolute atomic E-state index is 12.4. The first-order chi connectivity index (χ1) is 9.49. The van der Waals surface area contributed by atoms with Crippen LogP contribution in [-0.2, 0) is 4.79 Å². The molecule has 20 heavy (non-hydrogen) atoms. The van der Waals surface area contributed by atoms with E-state index in [1.54, 1.807) is 4.90 Å². The molecule has 0 aliphatic heterocycles. The van der Waals surface area contributed by atoms with Gasteiger partial charge in [0.1, 0.15) is 0 Å². The highest BCUT2D eigenvalue weighted by molar-refractivity contribution is 5.93. The predicted molar refractivity (Wildman–Crippen MR) is 83.9 cm³/mol. The van der Waals surface area contributed by atoms with Crippen molar-refractivity contribution in [2.24, 2.45) is 11.7 Å². The fraction of sp³-hybridized carbons (Fsp3) is 0.588. The van der Waals surface area contributed by atoms with Gasteiger partial charge in [0.2, 0.25) is 5.91 Å². The van der Waals surface area contributed by atoms with Gasteiger partial charge in [0, 0.05) is 25.2 Å². The van der Waals surface area contributed by atoms with E-state index >= 15 is 0 Å². The van der Waals surface area contributed by atoms with Gasteiger partial charge in [0.25, 0.3) is 0 Å². The second-order valence-electron chi connectivity index (χ2n) is 6.26. The molecule has 1 aliphatic carbocycles. The van der Waals surface area contributed by atoms with E-state index in [-0.39, 0.29) is 11.9 Å². The number of anilines is 1. The Kier molecular flexibility index (Phi) is 4.81. The van der Waals surface area contributed by atoms with Crippen molar-refractivity contribution < 1.29 is 4.79 Å². The molecule has 0 aromatic heterocycles. The Morgan fingerprint density at radius 3 is 2.75 bits per heavy atom. The lowest BCUT2D eigenvalue weighted by molar-refractivity contribution is -0.119. The quantitative estimate of drug-likeness (QED) is 0.915. The molecule has 1 fully saturated rings. The van der Waals surface area contributed by atoms with Gasteiger partial charge in [0.05, 0.1) is 0 Å². The highest BCUT2D eigenvalue weighted by Crippen LogP contribution is 2.28. The summed E-state index contributed by atoms with van der Waals surface area (Å²) in [5.74, 6) is 1.01. The summed E-state index contributed by atoms with van der Waals surface area (Å²) < 4.78 is 0. The second kappa shape index (κ2) is 6.40. The molecule has 1 amide bonds. The van der Waals surface area contributed by atoms with Crippen LogP contribution in [0.15, 0.2) is 24.3 Å². The number of nitrogens with zero attached hydrogens (tertiary/aromatic N) is 1. The Balaban J connectivity index is 2.04. The Bertz CT molecular complexity index is 470. The van der Waals surface area contributed by atoms with Crippen LogP contribution in [0.1, 0.15) is 51.0 Å². The zero-order valence-electron chi connectivity index (χ0n) is 12.8. The van der Waals surface area contributed by atoms with Crippen molar-refractivity contribution in [3.63, 3.8) is 0 Å². The first-order valence-corrected chi connectivity index (χ1v) is 7.61. The zero-order valence-corrected chi connectivity index (χ0v) is 12.8. The van der Waals surface area contributed by atoms with Gasteiger partial charge in [-0.2, -0.15) is 0 Å². The fourth-order valence-electron chi connectivity index (χ4n) is 2.92. The number of carbonyl (C=O) groups excluding carboxylic acids is 1. The minimum atomic E-state index is 0.174. The summed E-state index contributed by atoms with van der Waals surface area (Å²) in [7, 11) is 1.86. The molecule has 0 spiro atoms. The van der Waals surface area contributed by atoms with E-state index in [0.29, 0.717) is 18.3 Å². The van der Waals surface area contributed by atoms with Gasteiger partial charge in [-0.15, -0.1) is 0 Å². The minimum Gasteiger partial charge on any atom is -0.327 e. The zero-order chi connectivity index (χ0) is 14.7. The Morgan fingerprint density at radius 1 is 1.40 bits per heavy atom. The van der Waals surface area contributed by atoms with Crippen LogP contribution in [0.2, 0.25) is 0 Å². The molecular weight excluding hydrogens is 248 g/mol. The maximum atomic E-state index is 12.4.